The molecule has 1 heterocycles. The monoisotopic (exact) mass is 211 g/mol. The van der Waals surface area contributed by atoms with E-state index in [1.54, 1.807) is 0 Å². The number of fused-ring (bicyclic) bond motifs is 3. The van der Waals surface area contributed by atoms with Gasteiger partial charge in [-0.1, -0.05) is 24.3 Å². The molecule has 0 saturated carbocycles. The summed E-state index contributed by atoms with van der Waals surface area (Å²) in [5.74, 6) is 0.551. The number of aromatic nitrogens is 1. The third-order valence-electron chi connectivity index (χ3n) is 3.86. The minimum atomic E-state index is 0.551. The number of aryl methyl sites for hydroxylation is 1. The molecule has 0 aliphatic heterocycles. The van der Waals surface area contributed by atoms with E-state index in [-0.39, 0.29) is 0 Å². The first-order valence-electron chi connectivity index (χ1n) is 6.01. The van der Waals surface area contributed by atoms with Gasteiger partial charge >= 0.3 is 0 Å². The summed E-state index contributed by atoms with van der Waals surface area (Å²) in [7, 11) is 2.19. The highest BCUT2D eigenvalue weighted by Crippen LogP contribution is 2.38. The van der Waals surface area contributed by atoms with E-state index in [2.05, 4.69) is 48.5 Å². The van der Waals surface area contributed by atoms with Crippen molar-refractivity contribution in [2.45, 2.75) is 25.2 Å². The van der Waals surface area contributed by atoms with E-state index in [9.17, 15) is 0 Å². The quantitative estimate of drug-likeness (QED) is 0.632. The van der Waals surface area contributed by atoms with Crippen LogP contribution in [0.15, 0.2) is 36.9 Å². The van der Waals surface area contributed by atoms with Crippen LogP contribution in [0.1, 0.15) is 30.0 Å². The summed E-state index contributed by atoms with van der Waals surface area (Å²) in [5.41, 5.74) is 4.40. The van der Waals surface area contributed by atoms with Crippen molar-refractivity contribution in [1.82, 2.24) is 4.57 Å². The van der Waals surface area contributed by atoms with Gasteiger partial charge in [0, 0.05) is 29.6 Å². The van der Waals surface area contributed by atoms with Gasteiger partial charge in [-0.05, 0) is 30.9 Å². The van der Waals surface area contributed by atoms with Crippen LogP contribution in [-0.4, -0.2) is 4.57 Å². The van der Waals surface area contributed by atoms with Crippen LogP contribution in [0.3, 0.4) is 0 Å². The topological polar surface area (TPSA) is 4.93 Å². The van der Waals surface area contributed by atoms with Crippen molar-refractivity contribution in [3.63, 3.8) is 0 Å². The molecule has 0 fully saturated rings. The fraction of sp³-hybridized carbons (Fsp3) is 0.333. The van der Waals surface area contributed by atoms with Gasteiger partial charge in [-0.3, -0.25) is 0 Å². The Morgan fingerprint density at radius 2 is 2.19 bits per heavy atom. The molecule has 0 radical (unpaired) electrons. The molecule has 1 atom stereocenters. The molecular formula is C15H17N. The molecule has 1 aliphatic rings. The van der Waals surface area contributed by atoms with Crippen molar-refractivity contribution in [2.75, 3.05) is 0 Å². The predicted molar refractivity (Wildman–Crippen MR) is 68.8 cm³/mol. The molecule has 1 aliphatic carbocycles. The second kappa shape index (κ2) is 3.51. The lowest BCUT2D eigenvalue weighted by Gasteiger charge is -2.20. The molecule has 0 saturated heterocycles. The highest BCUT2D eigenvalue weighted by atomic mass is 15.0. The van der Waals surface area contributed by atoms with Gasteiger partial charge in [0.05, 0.1) is 0 Å². The molecule has 0 N–H and O–H groups in total. The van der Waals surface area contributed by atoms with Gasteiger partial charge in [0.2, 0.25) is 0 Å². The Morgan fingerprint density at radius 1 is 1.38 bits per heavy atom. The normalized spacial score (nSPS) is 19.7. The summed E-state index contributed by atoms with van der Waals surface area (Å²) in [5, 5.41) is 1.42. The molecule has 1 unspecified atom stereocenters. The van der Waals surface area contributed by atoms with Crippen LogP contribution in [0.25, 0.3) is 10.9 Å². The fourth-order valence-corrected chi connectivity index (χ4v) is 3.06. The predicted octanol–water partition coefficient (Wildman–Crippen LogP) is 3.78. The molecule has 1 heteroatoms. The van der Waals surface area contributed by atoms with Crippen molar-refractivity contribution in [3.8, 4) is 0 Å². The van der Waals surface area contributed by atoms with E-state index < -0.39 is 0 Å². The number of para-hydroxylation sites is 1. The minimum absolute atomic E-state index is 0.551. The minimum Gasteiger partial charge on any atom is -0.347 e. The average Bonchev–Trinajstić information content (AvgIpc) is 2.64. The first-order valence-corrected chi connectivity index (χ1v) is 6.01. The van der Waals surface area contributed by atoms with Crippen LogP contribution in [0.5, 0.6) is 0 Å². The van der Waals surface area contributed by atoms with Gasteiger partial charge in [-0.2, -0.15) is 0 Å². The van der Waals surface area contributed by atoms with E-state index >= 15 is 0 Å². The van der Waals surface area contributed by atoms with E-state index in [1.165, 1.54) is 41.4 Å². The van der Waals surface area contributed by atoms with E-state index in [1.807, 2.05) is 0 Å². The summed E-state index contributed by atoms with van der Waals surface area (Å²) >= 11 is 0. The molecule has 16 heavy (non-hydrogen) atoms. The lowest BCUT2D eigenvalue weighted by Crippen LogP contribution is -2.09. The Morgan fingerprint density at radius 3 is 3.00 bits per heavy atom. The first kappa shape index (κ1) is 9.71. The number of hydrogen-bond donors (Lipinski definition) is 0. The molecule has 1 aromatic carbocycles. The molecule has 2 aromatic rings. The number of allylic oxidation sites excluding steroid dienone is 1. The third kappa shape index (κ3) is 1.18. The summed E-state index contributed by atoms with van der Waals surface area (Å²) in [4.78, 5) is 0. The van der Waals surface area contributed by atoms with Crippen LogP contribution < -0.4 is 0 Å². The largest absolute Gasteiger partial charge is 0.347 e. The standard InChI is InChI=1S/C15H17N/c1-3-11-7-6-10-14-15(11)12-8-4-5-9-13(12)16(14)2/h3-5,8-9,11H,1,6-7,10H2,2H3. The lowest BCUT2D eigenvalue weighted by molar-refractivity contribution is 0.608. The molecule has 0 amide bonds. The molecule has 3 rings (SSSR count). The van der Waals surface area contributed by atoms with Crippen molar-refractivity contribution in [2.24, 2.45) is 7.05 Å². The Kier molecular flexibility index (Phi) is 2.13. The SMILES string of the molecule is C=CC1CCCc2c1c1ccccc1n2C. The van der Waals surface area contributed by atoms with Crippen LogP contribution in [0, 0.1) is 0 Å². The molecule has 1 nitrogen and oxygen atoms in total. The Hall–Kier alpha value is -1.50. The second-order valence-electron chi connectivity index (χ2n) is 4.67. The zero-order valence-electron chi connectivity index (χ0n) is 9.74. The molecule has 82 valence electrons. The van der Waals surface area contributed by atoms with Crippen molar-refractivity contribution >= 4 is 10.9 Å². The average molecular weight is 211 g/mol. The Balaban J connectivity index is 2.38. The molecule has 1 aromatic heterocycles. The zero-order valence-corrected chi connectivity index (χ0v) is 9.74. The van der Waals surface area contributed by atoms with Gasteiger partial charge in [0.15, 0.2) is 0 Å². The van der Waals surface area contributed by atoms with Gasteiger partial charge in [-0.15, -0.1) is 6.58 Å². The fourth-order valence-electron chi connectivity index (χ4n) is 3.06. The molecular weight excluding hydrogens is 194 g/mol. The lowest BCUT2D eigenvalue weighted by atomic mass is 9.85. The maximum absolute atomic E-state index is 3.99. The highest BCUT2D eigenvalue weighted by molar-refractivity contribution is 5.86. The van der Waals surface area contributed by atoms with E-state index in [0.29, 0.717) is 5.92 Å². The third-order valence-corrected chi connectivity index (χ3v) is 3.86. The first-order chi connectivity index (χ1) is 7.83. The van der Waals surface area contributed by atoms with Crippen molar-refractivity contribution < 1.29 is 0 Å². The van der Waals surface area contributed by atoms with E-state index in [4.69, 9.17) is 0 Å². The van der Waals surface area contributed by atoms with Crippen molar-refractivity contribution in [1.29, 1.82) is 0 Å². The van der Waals surface area contributed by atoms with Crippen LogP contribution in [0.4, 0.5) is 0 Å². The highest BCUT2D eigenvalue weighted by Gasteiger charge is 2.23. The van der Waals surface area contributed by atoms with E-state index in [0.717, 1.165) is 0 Å². The molecule has 0 bridgehead atoms. The smallest absolute Gasteiger partial charge is 0.0483 e. The second-order valence-corrected chi connectivity index (χ2v) is 4.67. The summed E-state index contributed by atoms with van der Waals surface area (Å²) in [6.07, 6.45) is 5.87. The Bertz CT molecular complexity index is 548. The van der Waals surface area contributed by atoms with Crippen molar-refractivity contribution in [3.05, 3.63) is 48.2 Å². The Labute approximate surface area is 96.4 Å². The molecule has 0 spiro atoms. The number of rotatable bonds is 1. The maximum Gasteiger partial charge on any atom is 0.0483 e. The van der Waals surface area contributed by atoms with Gasteiger partial charge in [0.25, 0.3) is 0 Å². The number of benzene rings is 1. The van der Waals surface area contributed by atoms with Gasteiger partial charge in [-0.25, -0.2) is 0 Å². The summed E-state index contributed by atoms with van der Waals surface area (Å²) in [6.45, 7) is 3.99. The van der Waals surface area contributed by atoms with Gasteiger partial charge < -0.3 is 4.57 Å². The summed E-state index contributed by atoms with van der Waals surface area (Å²) in [6, 6.07) is 8.72. The maximum atomic E-state index is 3.99. The van der Waals surface area contributed by atoms with Crippen LogP contribution in [-0.2, 0) is 13.5 Å². The van der Waals surface area contributed by atoms with Crippen LogP contribution >= 0.6 is 0 Å². The van der Waals surface area contributed by atoms with Crippen LogP contribution in [0.2, 0.25) is 0 Å². The van der Waals surface area contributed by atoms with Gasteiger partial charge in [0.1, 0.15) is 0 Å². The zero-order chi connectivity index (χ0) is 11.1. The summed E-state index contributed by atoms with van der Waals surface area (Å²) < 4.78 is 2.36. The number of hydrogen-bond acceptors (Lipinski definition) is 0. The number of nitrogens with zero attached hydrogens (tertiary/aromatic N) is 1.